The highest BCUT2D eigenvalue weighted by Crippen LogP contribution is 2.37. The summed E-state index contributed by atoms with van der Waals surface area (Å²) in [6.07, 6.45) is 10.2. The minimum atomic E-state index is -0.590. The highest BCUT2D eigenvalue weighted by atomic mass is 16.2. The molecule has 2 aliphatic rings. The quantitative estimate of drug-likeness (QED) is 0.723. The fourth-order valence-electron chi connectivity index (χ4n) is 5.37. The van der Waals surface area contributed by atoms with Gasteiger partial charge in [0.25, 0.3) is 0 Å². The van der Waals surface area contributed by atoms with E-state index < -0.39 is 5.41 Å². The smallest absolute Gasteiger partial charge is 0.228 e. The maximum Gasteiger partial charge on any atom is 0.228 e. The number of nitrogens with one attached hydrogen (secondary N) is 1. The molecule has 1 aromatic heterocycles. The van der Waals surface area contributed by atoms with E-state index in [2.05, 4.69) is 34.6 Å². The summed E-state index contributed by atoms with van der Waals surface area (Å²) < 4.78 is 0. The van der Waals surface area contributed by atoms with Crippen molar-refractivity contribution < 1.29 is 9.59 Å². The Labute approximate surface area is 191 Å². The molecule has 1 saturated carbocycles. The van der Waals surface area contributed by atoms with Gasteiger partial charge in [-0.2, -0.15) is 0 Å². The second-order valence-corrected chi connectivity index (χ2v) is 9.87. The molecule has 1 atom stereocenters. The molecule has 2 aromatic rings. The van der Waals surface area contributed by atoms with E-state index in [4.69, 9.17) is 0 Å². The van der Waals surface area contributed by atoms with Crippen LogP contribution < -0.4 is 5.32 Å². The predicted molar refractivity (Wildman–Crippen MR) is 127 cm³/mol. The molecule has 2 fully saturated rings. The Morgan fingerprint density at radius 3 is 2.56 bits per heavy atom. The van der Waals surface area contributed by atoms with Crippen molar-refractivity contribution in [3.05, 3.63) is 54.4 Å². The lowest BCUT2D eigenvalue weighted by molar-refractivity contribution is -0.144. The monoisotopic (exact) mass is 433 g/mol. The molecular weight excluding hydrogens is 398 g/mol. The first kappa shape index (κ1) is 22.5. The van der Waals surface area contributed by atoms with Gasteiger partial charge in [0.2, 0.25) is 11.8 Å². The first-order valence-corrected chi connectivity index (χ1v) is 12.1. The number of hydrogen-bond donors (Lipinski definition) is 1. The minimum Gasteiger partial charge on any atom is -0.353 e. The molecule has 1 saturated heterocycles. The normalized spacial score (nSPS) is 21.7. The van der Waals surface area contributed by atoms with E-state index in [0.717, 1.165) is 61.8 Å². The molecule has 0 unspecified atom stereocenters. The van der Waals surface area contributed by atoms with Crippen LogP contribution in [0.2, 0.25) is 0 Å². The largest absolute Gasteiger partial charge is 0.353 e. The molecule has 4 rings (SSSR count). The van der Waals surface area contributed by atoms with Gasteiger partial charge in [0, 0.05) is 37.4 Å². The molecule has 1 aliphatic carbocycles. The van der Waals surface area contributed by atoms with Crippen LogP contribution in [-0.4, -0.2) is 40.8 Å². The third-order valence-electron chi connectivity index (χ3n) is 6.98. The van der Waals surface area contributed by atoms with E-state index in [1.54, 1.807) is 12.4 Å². The Balaban J connectivity index is 1.60. The molecule has 0 bridgehead atoms. The number of benzene rings is 1. The van der Waals surface area contributed by atoms with Crippen molar-refractivity contribution in [1.29, 1.82) is 0 Å². The summed E-state index contributed by atoms with van der Waals surface area (Å²) in [6.45, 7) is 5.28. The van der Waals surface area contributed by atoms with Gasteiger partial charge in [-0.05, 0) is 74.8 Å². The standard InChI is InChI=1S/C27H35N3O2/c1-20(2)29-26(32)27(13-6-16-30(19-27)25(31)23-8-3-4-9-23)18-21-7-5-10-24(17-21)22-11-14-28-15-12-22/h5,7,10-12,14-15,17,20,23H,3-4,6,8-9,13,16,18-19H2,1-2H3,(H,29,32)/t27-/m0/s1. The first-order chi connectivity index (χ1) is 15.5. The maximum absolute atomic E-state index is 13.5. The molecule has 0 radical (unpaired) electrons. The lowest BCUT2D eigenvalue weighted by Crippen LogP contribution is -2.56. The number of aromatic nitrogens is 1. The van der Waals surface area contributed by atoms with Gasteiger partial charge in [0.1, 0.15) is 0 Å². The first-order valence-electron chi connectivity index (χ1n) is 12.1. The van der Waals surface area contributed by atoms with Gasteiger partial charge < -0.3 is 10.2 Å². The fourth-order valence-corrected chi connectivity index (χ4v) is 5.37. The summed E-state index contributed by atoms with van der Waals surface area (Å²) in [5, 5.41) is 3.16. The highest BCUT2D eigenvalue weighted by molar-refractivity contribution is 5.86. The molecule has 1 N–H and O–H groups in total. The van der Waals surface area contributed by atoms with Crippen LogP contribution in [0, 0.1) is 11.3 Å². The van der Waals surface area contributed by atoms with Crippen LogP contribution in [0.4, 0.5) is 0 Å². The zero-order chi connectivity index (χ0) is 22.6. The maximum atomic E-state index is 13.5. The molecule has 1 aromatic carbocycles. The predicted octanol–water partition coefficient (Wildman–Crippen LogP) is 4.61. The molecule has 1 aliphatic heterocycles. The third-order valence-corrected chi connectivity index (χ3v) is 6.98. The lowest BCUT2D eigenvalue weighted by Gasteiger charge is -2.43. The minimum absolute atomic E-state index is 0.0726. The van der Waals surface area contributed by atoms with E-state index in [1.807, 2.05) is 30.9 Å². The molecule has 2 amide bonds. The van der Waals surface area contributed by atoms with Crippen LogP contribution in [-0.2, 0) is 16.0 Å². The Bertz CT molecular complexity index is 937. The van der Waals surface area contributed by atoms with Crippen molar-refractivity contribution in [1.82, 2.24) is 15.2 Å². The van der Waals surface area contributed by atoms with Crippen LogP contribution in [0.3, 0.4) is 0 Å². The van der Waals surface area contributed by atoms with E-state index >= 15 is 0 Å². The average molecular weight is 434 g/mol. The van der Waals surface area contributed by atoms with Crippen molar-refractivity contribution in [2.45, 2.75) is 64.8 Å². The summed E-state index contributed by atoms with van der Waals surface area (Å²) in [7, 11) is 0. The van der Waals surface area contributed by atoms with Crippen LogP contribution >= 0.6 is 0 Å². The van der Waals surface area contributed by atoms with Crippen molar-refractivity contribution in [3.63, 3.8) is 0 Å². The Hall–Kier alpha value is -2.69. The summed E-state index contributed by atoms with van der Waals surface area (Å²) in [5.74, 6) is 0.481. The number of pyridine rings is 1. The van der Waals surface area contributed by atoms with Gasteiger partial charge >= 0.3 is 0 Å². The second-order valence-electron chi connectivity index (χ2n) is 9.87. The van der Waals surface area contributed by atoms with Crippen LogP contribution in [0.1, 0.15) is 57.9 Å². The fraction of sp³-hybridized carbons (Fsp3) is 0.519. The van der Waals surface area contributed by atoms with E-state index in [1.165, 1.54) is 0 Å². The molecule has 32 heavy (non-hydrogen) atoms. The molecule has 2 heterocycles. The van der Waals surface area contributed by atoms with Crippen molar-refractivity contribution in [2.24, 2.45) is 11.3 Å². The summed E-state index contributed by atoms with van der Waals surface area (Å²) in [4.78, 5) is 32.8. The van der Waals surface area contributed by atoms with Crippen LogP contribution in [0.15, 0.2) is 48.8 Å². The van der Waals surface area contributed by atoms with Gasteiger partial charge in [0.15, 0.2) is 0 Å². The second kappa shape index (κ2) is 9.85. The molecule has 5 nitrogen and oxygen atoms in total. The number of carbonyl (C=O) groups excluding carboxylic acids is 2. The highest BCUT2D eigenvalue weighted by Gasteiger charge is 2.44. The zero-order valence-electron chi connectivity index (χ0n) is 19.3. The average Bonchev–Trinajstić information content (AvgIpc) is 3.34. The van der Waals surface area contributed by atoms with Gasteiger partial charge in [-0.25, -0.2) is 0 Å². The van der Waals surface area contributed by atoms with Gasteiger partial charge in [-0.3, -0.25) is 14.6 Å². The molecule has 5 heteroatoms. The number of nitrogens with zero attached hydrogens (tertiary/aromatic N) is 2. The lowest BCUT2D eigenvalue weighted by atomic mass is 9.73. The van der Waals surface area contributed by atoms with E-state index in [-0.39, 0.29) is 23.8 Å². The number of piperidine rings is 1. The van der Waals surface area contributed by atoms with Crippen molar-refractivity contribution in [3.8, 4) is 11.1 Å². The van der Waals surface area contributed by atoms with Crippen molar-refractivity contribution >= 4 is 11.8 Å². The van der Waals surface area contributed by atoms with E-state index in [9.17, 15) is 9.59 Å². The number of hydrogen-bond acceptors (Lipinski definition) is 3. The Morgan fingerprint density at radius 1 is 1.09 bits per heavy atom. The topological polar surface area (TPSA) is 62.3 Å². The summed E-state index contributed by atoms with van der Waals surface area (Å²) in [5.41, 5.74) is 2.78. The molecule has 0 spiro atoms. The van der Waals surface area contributed by atoms with Gasteiger partial charge in [-0.1, -0.05) is 37.1 Å². The number of rotatable bonds is 6. The summed E-state index contributed by atoms with van der Waals surface area (Å²) >= 11 is 0. The number of carbonyl (C=O) groups is 2. The van der Waals surface area contributed by atoms with Crippen LogP contribution in [0.25, 0.3) is 11.1 Å². The SMILES string of the molecule is CC(C)NC(=O)[C@]1(Cc2cccc(-c3ccncc3)c2)CCCN(C(=O)C2CCCC2)C1. The number of amides is 2. The Morgan fingerprint density at radius 2 is 1.84 bits per heavy atom. The third kappa shape index (κ3) is 5.03. The molecular formula is C27H35N3O2. The number of likely N-dealkylation sites (tertiary alicyclic amines) is 1. The van der Waals surface area contributed by atoms with Gasteiger partial charge in [0.05, 0.1) is 5.41 Å². The van der Waals surface area contributed by atoms with Gasteiger partial charge in [-0.15, -0.1) is 0 Å². The zero-order valence-corrected chi connectivity index (χ0v) is 19.3. The van der Waals surface area contributed by atoms with Crippen molar-refractivity contribution in [2.75, 3.05) is 13.1 Å². The summed E-state index contributed by atoms with van der Waals surface area (Å²) in [6, 6.07) is 12.5. The van der Waals surface area contributed by atoms with E-state index in [0.29, 0.717) is 13.0 Å². The van der Waals surface area contributed by atoms with Crippen LogP contribution in [0.5, 0.6) is 0 Å². The molecule has 170 valence electrons. The Kier molecular flexibility index (Phi) is 6.92.